The Morgan fingerprint density at radius 1 is 1.57 bits per heavy atom. The lowest BCUT2D eigenvalue weighted by Crippen LogP contribution is -2.38. The first-order chi connectivity index (χ1) is 10.0. The van der Waals surface area contributed by atoms with Crippen molar-refractivity contribution in [3.05, 3.63) is 12.2 Å². The van der Waals surface area contributed by atoms with Crippen molar-refractivity contribution in [3.63, 3.8) is 0 Å². The molecule has 2 saturated carbocycles. The van der Waals surface area contributed by atoms with Crippen molar-refractivity contribution in [1.29, 1.82) is 0 Å². The van der Waals surface area contributed by atoms with E-state index in [4.69, 9.17) is 9.94 Å². The maximum Gasteiger partial charge on any atom is 0.306 e. The Hall–Kier alpha value is -1.40. The third kappa shape index (κ3) is 3.83. The highest BCUT2D eigenvalue weighted by molar-refractivity contribution is 5.93. The van der Waals surface area contributed by atoms with Crippen LogP contribution < -0.4 is 0 Å². The molecule has 5 atom stereocenters. The van der Waals surface area contributed by atoms with Crippen LogP contribution in [0.3, 0.4) is 0 Å². The standard InChI is InChI=1S/C15H23NO5/c1-2-10(17)4-3-9-7-11-12(15(9)20)8-13(11)16-21-6-5-14(18)19/h3-4,9-12,15,17,20H,2,5-8H2,1H3,(H,18,19)/t9?,10?,11-,12+,15?/m0/s1. The first-order valence-corrected chi connectivity index (χ1v) is 7.47. The summed E-state index contributed by atoms with van der Waals surface area (Å²) in [5.41, 5.74) is 0.913. The van der Waals surface area contributed by atoms with Gasteiger partial charge in [0, 0.05) is 11.8 Å². The number of rotatable bonds is 7. The minimum Gasteiger partial charge on any atom is -0.481 e. The van der Waals surface area contributed by atoms with E-state index >= 15 is 0 Å². The second-order valence-corrected chi connectivity index (χ2v) is 5.78. The number of hydrogen-bond donors (Lipinski definition) is 3. The largest absolute Gasteiger partial charge is 0.481 e. The normalized spacial score (nSPS) is 34.7. The zero-order valence-corrected chi connectivity index (χ0v) is 12.2. The number of oxime groups is 1. The monoisotopic (exact) mass is 297 g/mol. The summed E-state index contributed by atoms with van der Waals surface area (Å²) in [6.45, 7) is 1.98. The smallest absolute Gasteiger partial charge is 0.306 e. The van der Waals surface area contributed by atoms with Crippen molar-refractivity contribution in [2.24, 2.45) is 22.9 Å². The SMILES string of the molecule is CCC(O)C=CC1C[C@@H]2C(=NOCCC(=O)O)C[C@H]2C1O. The minimum atomic E-state index is -0.905. The molecule has 0 saturated heterocycles. The molecule has 118 valence electrons. The third-order valence-electron chi connectivity index (χ3n) is 4.38. The lowest BCUT2D eigenvalue weighted by atomic mass is 9.73. The van der Waals surface area contributed by atoms with E-state index in [1.165, 1.54) is 0 Å². The Morgan fingerprint density at radius 2 is 2.33 bits per heavy atom. The van der Waals surface area contributed by atoms with E-state index in [1.54, 1.807) is 6.08 Å². The van der Waals surface area contributed by atoms with Gasteiger partial charge in [0.1, 0.15) is 6.61 Å². The van der Waals surface area contributed by atoms with Gasteiger partial charge >= 0.3 is 5.97 Å². The highest BCUT2D eigenvalue weighted by atomic mass is 16.6. The van der Waals surface area contributed by atoms with Crippen LogP contribution in [0.5, 0.6) is 0 Å². The Morgan fingerprint density at radius 3 is 3.00 bits per heavy atom. The second-order valence-electron chi connectivity index (χ2n) is 5.78. The van der Waals surface area contributed by atoms with E-state index in [9.17, 15) is 15.0 Å². The van der Waals surface area contributed by atoms with Crippen LogP contribution in [-0.4, -0.2) is 45.8 Å². The Bertz CT molecular complexity index is 434. The topological polar surface area (TPSA) is 99.4 Å². The molecule has 0 amide bonds. The summed E-state index contributed by atoms with van der Waals surface area (Å²) < 4.78 is 0. The highest BCUT2D eigenvalue weighted by Crippen LogP contribution is 2.48. The Balaban J connectivity index is 1.82. The molecule has 2 aliphatic carbocycles. The molecule has 0 heterocycles. The fraction of sp³-hybridized carbons (Fsp3) is 0.733. The summed E-state index contributed by atoms with van der Waals surface area (Å²) in [5, 5.41) is 32.2. The van der Waals surface area contributed by atoms with Gasteiger partial charge in [-0.25, -0.2) is 0 Å². The number of aliphatic hydroxyl groups excluding tert-OH is 2. The van der Waals surface area contributed by atoms with Gasteiger partial charge in [-0.1, -0.05) is 24.2 Å². The summed E-state index contributed by atoms with van der Waals surface area (Å²) in [6.07, 6.45) is 4.92. The van der Waals surface area contributed by atoms with Crippen LogP contribution in [0.2, 0.25) is 0 Å². The average molecular weight is 297 g/mol. The van der Waals surface area contributed by atoms with E-state index in [2.05, 4.69) is 5.16 Å². The molecule has 0 spiro atoms. The van der Waals surface area contributed by atoms with Gasteiger partial charge in [-0.15, -0.1) is 0 Å². The number of carbonyl (C=O) groups is 1. The fourth-order valence-corrected chi connectivity index (χ4v) is 3.01. The van der Waals surface area contributed by atoms with Crippen molar-refractivity contribution in [3.8, 4) is 0 Å². The summed E-state index contributed by atoms with van der Waals surface area (Å²) in [4.78, 5) is 15.4. The number of carboxylic acid groups (broad SMARTS) is 1. The van der Waals surface area contributed by atoms with E-state index < -0.39 is 18.2 Å². The Kier molecular flexibility index (Phi) is 5.36. The second kappa shape index (κ2) is 7.04. The minimum absolute atomic E-state index is 0.0490. The molecule has 2 fully saturated rings. The molecular formula is C15H23NO5. The van der Waals surface area contributed by atoms with Crippen LogP contribution in [0.4, 0.5) is 0 Å². The molecule has 0 aromatic heterocycles. The molecule has 0 aromatic carbocycles. The van der Waals surface area contributed by atoms with Crippen molar-refractivity contribution >= 4 is 11.7 Å². The molecular weight excluding hydrogens is 274 g/mol. The van der Waals surface area contributed by atoms with Crippen LogP contribution in [0.15, 0.2) is 17.3 Å². The highest BCUT2D eigenvalue weighted by Gasteiger charge is 2.51. The van der Waals surface area contributed by atoms with Gasteiger partial charge in [0.05, 0.1) is 24.3 Å². The first-order valence-electron chi connectivity index (χ1n) is 7.47. The van der Waals surface area contributed by atoms with Crippen LogP contribution in [0.1, 0.15) is 32.6 Å². The number of aliphatic carboxylic acids is 1. The zero-order valence-electron chi connectivity index (χ0n) is 12.2. The quantitative estimate of drug-likeness (QED) is 0.372. The maximum atomic E-state index is 10.4. The van der Waals surface area contributed by atoms with Crippen LogP contribution in [0, 0.1) is 17.8 Å². The maximum absolute atomic E-state index is 10.4. The molecule has 3 unspecified atom stereocenters. The van der Waals surface area contributed by atoms with Gasteiger partial charge in [0.25, 0.3) is 0 Å². The summed E-state index contributed by atoms with van der Waals surface area (Å²) in [7, 11) is 0. The number of aliphatic hydroxyl groups is 2. The summed E-state index contributed by atoms with van der Waals surface area (Å²) >= 11 is 0. The average Bonchev–Trinajstić information content (AvgIpc) is 2.67. The van der Waals surface area contributed by atoms with E-state index in [0.29, 0.717) is 12.8 Å². The lowest BCUT2D eigenvalue weighted by molar-refractivity contribution is -0.138. The van der Waals surface area contributed by atoms with E-state index in [1.807, 2.05) is 13.0 Å². The van der Waals surface area contributed by atoms with Gasteiger partial charge in [-0.05, 0) is 25.2 Å². The Labute approximate surface area is 124 Å². The van der Waals surface area contributed by atoms with Gasteiger partial charge in [0.15, 0.2) is 0 Å². The molecule has 3 N–H and O–H groups in total. The lowest BCUT2D eigenvalue weighted by Gasteiger charge is -2.33. The number of carboxylic acids is 1. The third-order valence-corrected chi connectivity index (χ3v) is 4.38. The van der Waals surface area contributed by atoms with Crippen LogP contribution in [-0.2, 0) is 9.63 Å². The molecule has 2 rings (SSSR count). The van der Waals surface area contributed by atoms with Crippen LogP contribution in [0.25, 0.3) is 0 Å². The number of nitrogens with zero attached hydrogens (tertiary/aromatic N) is 1. The molecule has 6 nitrogen and oxygen atoms in total. The van der Waals surface area contributed by atoms with Gasteiger partial charge in [-0.3, -0.25) is 4.79 Å². The predicted octanol–water partition coefficient (Wildman–Crippen LogP) is 1.18. The van der Waals surface area contributed by atoms with Crippen molar-refractivity contribution in [1.82, 2.24) is 0 Å². The van der Waals surface area contributed by atoms with Crippen molar-refractivity contribution in [2.45, 2.75) is 44.8 Å². The van der Waals surface area contributed by atoms with E-state index in [-0.39, 0.29) is 30.8 Å². The van der Waals surface area contributed by atoms with Crippen LogP contribution >= 0.6 is 0 Å². The summed E-state index contributed by atoms with van der Waals surface area (Å²) in [6, 6.07) is 0. The van der Waals surface area contributed by atoms with Gasteiger partial charge < -0.3 is 20.2 Å². The van der Waals surface area contributed by atoms with E-state index in [0.717, 1.165) is 12.1 Å². The summed E-state index contributed by atoms with van der Waals surface area (Å²) in [5.74, 6) is -0.427. The molecule has 6 heteroatoms. The first kappa shape index (κ1) is 16.0. The molecule has 21 heavy (non-hydrogen) atoms. The predicted molar refractivity (Wildman–Crippen MR) is 76.8 cm³/mol. The molecule has 0 radical (unpaired) electrons. The van der Waals surface area contributed by atoms with Gasteiger partial charge in [-0.2, -0.15) is 0 Å². The molecule has 0 bridgehead atoms. The molecule has 2 aliphatic rings. The van der Waals surface area contributed by atoms with Gasteiger partial charge in [0.2, 0.25) is 0 Å². The fourth-order valence-electron chi connectivity index (χ4n) is 3.01. The molecule has 0 aromatic rings. The number of hydrogen-bond acceptors (Lipinski definition) is 5. The molecule has 0 aliphatic heterocycles. The number of fused-ring (bicyclic) bond motifs is 1. The van der Waals surface area contributed by atoms with Crippen molar-refractivity contribution < 1.29 is 25.0 Å². The zero-order chi connectivity index (χ0) is 15.4. The van der Waals surface area contributed by atoms with Crippen molar-refractivity contribution in [2.75, 3.05) is 6.61 Å².